The van der Waals surface area contributed by atoms with Crippen LogP contribution in [0.1, 0.15) is 24.9 Å². The summed E-state index contributed by atoms with van der Waals surface area (Å²) in [6, 6.07) is 8.81. The Hall–Kier alpha value is -1.55. The predicted octanol–water partition coefficient (Wildman–Crippen LogP) is 0.464. The van der Waals surface area contributed by atoms with Crippen LogP contribution in [0.25, 0.3) is 0 Å². The van der Waals surface area contributed by atoms with Gasteiger partial charge in [0, 0.05) is 31.8 Å². The zero-order valence-electron chi connectivity index (χ0n) is 12.7. The summed E-state index contributed by atoms with van der Waals surface area (Å²) in [5.41, 5.74) is 2.44. The molecule has 2 N–H and O–H groups in total. The Bertz CT molecular complexity index is 398. The largest absolute Gasteiger partial charge is 0.378 e. The van der Waals surface area contributed by atoms with Crippen molar-refractivity contribution in [1.82, 2.24) is 5.32 Å². The summed E-state index contributed by atoms with van der Waals surface area (Å²) in [4.78, 5) is 14.8. The Kier molecular flexibility index (Phi) is 5.83. The lowest BCUT2D eigenvalue weighted by molar-refractivity contribution is -0.890. The molecule has 0 aliphatic rings. The molecule has 1 atom stereocenters. The molecule has 0 radical (unpaired) electrons. The molecule has 1 aromatic rings. The monoisotopic (exact) mass is 264 g/mol. The van der Waals surface area contributed by atoms with Crippen LogP contribution >= 0.6 is 0 Å². The van der Waals surface area contributed by atoms with Crippen molar-refractivity contribution in [3.05, 3.63) is 29.8 Å². The Morgan fingerprint density at radius 3 is 2.26 bits per heavy atom. The zero-order chi connectivity index (χ0) is 14.4. The minimum Gasteiger partial charge on any atom is -0.378 e. The van der Waals surface area contributed by atoms with Gasteiger partial charge in [0.05, 0.1) is 20.6 Å². The van der Waals surface area contributed by atoms with Gasteiger partial charge >= 0.3 is 0 Å². The first kappa shape index (κ1) is 15.5. The summed E-state index contributed by atoms with van der Waals surface area (Å²) in [5.74, 6) is 0.108. The molecule has 0 aliphatic heterocycles. The number of carbonyl (C=O) groups is 1. The predicted molar refractivity (Wildman–Crippen MR) is 79.6 cm³/mol. The number of carbonyl (C=O) groups excluding carboxylic acids is 1. The van der Waals surface area contributed by atoms with Crippen molar-refractivity contribution in [3.8, 4) is 0 Å². The topological polar surface area (TPSA) is 36.8 Å². The lowest BCUT2D eigenvalue weighted by Gasteiger charge is -2.23. The second-order valence-corrected chi connectivity index (χ2v) is 5.27. The molecule has 0 spiro atoms. The van der Waals surface area contributed by atoms with Gasteiger partial charge in [-0.1, -0.05) is 19.1 Å². The SMILES string of the molecule is CCC(=O)NC[C@H](c1ccc(N(C)C)cc1)[NH+](C)C. The summed E-state index contributed by atoms with van der Waals surface area (Å²) in [6.45, 7) is 2.55. The molecule has 106 valence electrons. The number of amides is 1. The number of rotatable bonds is 6. The molecule has 1 aromatic carbocycles. The van der Waals surface area contributed by atoms with E-state index >= 15 is 0 Å². The molecule has 0 saturated heterocycles. The second kappa shape index (κ2) is 7.14. The summed E-state index contributed by atoms with van der Waals surface area (Å²) >= 11 is 0. The van der Waals surface area contributed by atoms with Gasteiger partial charge in [0.15, 0.2) is 0 Å². The molecule has 4 heteroatoms. The molecular weight excluding hydrogens is 238 g/mol. The van der Waals surface area contributed by atoms with Gasteiger partial charge in [-0.15, -0.1) is 0 Å². The van der Waals surface area contributed by atoms with Crippen LogP contribution in [0.2, 0.25) is 0 Å². The van der Waals surface area contributed by atoms with Crippen LogP contribution in [-0.4, -0.2) is 40.6 Å². The summed E-state index contributed by atoms with van der Waals surface area (Å²) in [5, 5.41) is 2.98. The lowest BCUT2D eigenvalue weighted by atomic mass is 10.1. The molecule has 0 heterocycles. The number of quaternary nitrogens is 1. The van der Waals surface area contributed by atoms with Crippen molar-refractivity contribution in [2.75, 3.05) is 39.6 Å². The first-order valence-electron chi connectivity index (χ1n) is 6.79. The van der Waals surface area contributed by atoms with E-state index in [9.17, 15) is 4.79 Å². The number of anilines is 1. The average molecular weight is 264 g/mol. The molecule has 0 bridgehead atoms. The normalized spacial score (nSPS) is 12.3. The first-order valence-corrected chi connectivity index (χ1v) is 6.79. The Morgan fingerprint density at radius 1 is 1.26 bits per heavy atom. The third-order valence-electron chi connectivity index (χ3n) is 3.33. The van der Waals surface area contributed by atoms with E-state index in [-0.39, 0.29) is 11.9 Å². The third-order valence-corrected chi connectivity index (χ3v) is 3.33. The number of benzene rings is 1. The molecule has 0 unspecified atom stereocenters. The molecule has 1 amide bonds. The number of nitrogens with one attached hydrogen (secondary N) is 2. The summed E-state index contributed by atoms with van der Waals surface area (Å²) in [6.07, 6.45) is 0.537. The molecule has 0 fully saturated rings. The number of hydrogen-bond acceptors (Lipinski definition) is 2. The molecule has 1 rings (SSSR count). The van der Waals surface area contributed by atoms with Gasteiger partial charge in [-0.3, -0.25) is 4.79 Å². The highest BCUT2D eigenvalue weighted by molar-refractivity contribution is 5.75. The van der Waals surface area contributed by atoms with Gasteiger partial charge in [0.25, 0.3) is 0 Å². The van der Waals surface area contributed by atoms with Crippen LogP contribution in [-0.2, 0) is 4.79 Å². The van der Waals surface area contributed by atoms with Gasteiger partial charge in [0.2, 0.25) is 5.91 Å². The van der Waals surface area contributed by atoms with Crippen LogP contribution in [0.3, 0.4) is 0 Å². The van der Waals surface area contributed by atoms with E-state index in [2.05, 4.69) is 48.6 Å². The quantitative estimate of drug-likeness (QED) is 0.783. The van der Waals surface area contributed by atoms with E-state index in [0.717, 1.165) is 0 Å². The zero-order valence-corrected chi connectivity index (χ0v) is 12.7. The van der Waals surface area contributed by atoms with Gasteiger partial charge in [0.1, 0.15) is 6.04 Å². The third kappa shape index (κ3) is 4.56. The maximum Gasteiger partial charge on any atom is 0.219 e. The molecule has 0 saturated carbocycles. The minimum absolute atomic E-state index is 0.108. The molecule has 4 nitrogen and oxygen atoms in total. The van der Waals surface area contributed by atoms with Crippen LogP contribution in [0.15, 0.2) is 24.3 Å². The van der Waals surface area contributed by atoms with Crippen molar-refractivity contribution in [1.29, 1.82) is 0 Å². The van der Waals surface area contributed by atoms with Gasteiger partial charge < -0.3 is 15.1 Å². The summed E-state index contributed by atoms with van der Waals surface area (Å²) in [7, 11) is 8.29. The van der Waals surface area contributed by atoms with Crippen LogP contribution < -0.4 is 15.1 Å². The average Bonchev–Trinajstić information content (AvgIpc) is 2.38. The van der Waals surface area contributed by atoms with Crippen molar-refractivity contribution < 1.29 is 9.69 Å². The maximum absolute atomic E-state index is 11.4. The van der Waals surface area contributed by atoms with Crippen molar-refractivity contribution in [2.45, 2.75) is 19.4 Å². The second-order valence-electron chi connectivity index (χ2n) is 5.27. The molecular formula is C15H26N3O+. The summed E-state index contributed by atoms with van der Waals surface area (Å²) < 4.78 is 0. The highest BCUT2D eigenvalue weighted by Gasteiger charge is 2.18. The van der Waals surface area contributed by atoms with E-state index < -0.39 is 0 Å². The fourth-order valence-electron chi connectivity index (χ4n) is 2.00. The van der Waals surface area contributed by atoms with E-state index in [1.807, 2.05) is 21.0 Å². The number of hydrogen-bond donors (Lipinski definition) is 2. The van der Waals surface area contributed by atoms with E-state index in [1.165, 1.54) is 16.2 Å². The molecule has 19 heavy (non-hydrogen) atoms. The number of nitrogens with zero attached hydrogens (tertiary/aromatic N) is 1. The van der Waals surface area contributed by atoms with E-state index in [0.29, 0.717) is 13.0 Å². The fourth-order valence-corrected chi connectivity index (χ4v) is 2.00. The van der Waals surface area contributed by atoms with Gasteiger partial charge in [-0.05, 0) is 12.1 Å². The van der Waals surface area contributed by atoms with E-state index in [4.69, 9.17) is 0 Å². The van der Waals surface area contributed by atoms with Gasteiger partial charge in [-0.25, -0.2) is 0 Å². The fraction of sp³-hybridized carbons (Fsp3) is 0.533. The van der Waals surface area contributed by atoms with Gasteiger partial charge in [-0.2, -0.15) is 0 Å². The molecule has 0 aliphatic carbocycles. The Balaban J connectivity index is 2.78. The number of likely N-dealkylation sites (N-methyl/N-ethyl adjacent to an activating group) is 1. The van der Waals surface area contributed by atoms with Crippen molar-refractivity contribution in [3.63, 3.8) is 0 Å². The lowest BCUT2D eigenvalue weighted by Crippen LogP contribution is -3.07. The molecule has 0 aromatic heterocycles. The van der Waals surface area contributed by atoms with Crippen LogP contribution in [0.5, 0.6) is 0 Å². The van der Waals surface area contributed by atoms with Crippen LogP contribution in [0, 0.1) is 0 Å². The minimum atomic E-state index is 0.108. The highest BCUT2D eigenvalue weighted by atomic mass is 16.1. The van der Waals surface area contributed by atoms with Crippen LogP contribution in [0.4, 0.5) is 5.69 Å². The van der Waals surface area contributed by atoms with Crippen molar-refractivity contribution in [2.24, 2.45) is 0 Å². The first-order chi connectivity index (χ1) is 8.95. The Labute approximate surface area is 116 Å². The highest BCUT2D eigenvalue weighted by Crippen LogP contribution is 2.15. The van der Waals surface area contributed by atoms with Crippen molar-refractivity contribution >= 4 is 11.6 Å². The maximum atomic E-state index is 11.4. The smallest absolute Gasteiger partial charge is 0.219 e. The van der Waals surface area contributed by atoms with E-state index in [1.54, 1.807) is 0 Å². The standard InChI is InChI=1S/C15H25N3O/c1-6-15(19)16-11-14(18(4)5)12-7-9-13(10-8-12)17(2)3/h7-10,14H,6,11H2,1-5H3,(H,16,19)/p+1/t14-/m1/s1. The Morgan fingerprint density at radius 2 is 1.84 bits per heavy atom.